The van der Waals surface area contributed by atoms with Crippen LogP contribution in [0.5, 0.6) is 0 Å². The molecule has 0 radical (unpaired) electrons. The third-order valence-corrected chi connectivity index (χ3v) is 1.33. The van der Waals surface area contributed by atoms with E-state index in [0.717, 1.165) is 11.1 Å². The summed E-state index contributed by atoms with van der Waals surface area (Å²) in [7, 11) is 0. The van der Waals surface area contributed by atoms with E-state index < -0.39 is 0 Å². The second-order valence-electron chi connectivity index (χ2n) is 2.13. The van der Waals surface area contributed by atoms with Gasteiger partial charge in [-0.05, 0) is 29.5 Å². The maximum absolute atomic E-state index is 5.20. The molecule has 0 unspecified atom stereocenters. The molecule has 0 aliphatic heterocycles. The summed E-state index contributed by atoms with van der Waals surface area (Å²) < 4.78 is 0. The Balaban J connectivity index is 2.86. The van der Waals surface area contributed by atoms with Crippen LogP contribution in [0, 0.1) is 0 Å². The molecule has 2 nitrogen and oxygen atoms in total. The summed E-state index contributed by atoms with van der Waals surface area (Å²) in [4.78, 5) is 3.95. The minimum atomic E-state index is 0.876. The maximum Gasteiger partial charge on any atom is 0.0346 e. The number of nitrogens with two attached hydrogens (primary N) is 1. The number of rotatable bonds is 2. The van der Waals surface area contributed by atoms with Crippen molar-refractivity contribution in [2.75, 3.05) is 0 Å². The Hall–Kier alpha value is -1.57. The van der Waals surface area contributed by atoms with E-state index in [0.29, 0.717) is 0 Å². The smallest absolute Gasteiger partial charge is 0.0346 e. The Morgan fingerprint density at radius 1 is 1.64 bits per heavy atom. The molecule has 0 saturated carbocycles. The second-order valence-corrected chi connectivity index (χ2v) is 2.13. The van der Waals surface area contributed by atoms with Gasteiger partial charge in [0.1, 0.15) is 0 Å². The van der Waals surface area contributed by atoms with Crippen molar-refractivity contribution in [3.8, 4) is 0 Å². The molecule has 0 aromatic carbocycles. The molecule has 0 aliphatic rings. The molecule has 0 aliphatic carbocycles. The quantitative estimate of drug-likeness (QED) is 0.643. The second kappa shape index (κ2) is 3.56. The lowest BCUT2D eigenvalue weighted by molar-refractivity contribution is 1.31. The highest BCUT2D eigenvalue weighted by Crippen LogP contribution is 2.10. The van der Waals surface area contributed by atoms with Gasteiger partial charge in [-0.2, -0.15) is 0 Å². The molecule has 0 bridgehead atoms. The van der Waals surface area contributed by atoms with Gasteiger partial charge in [0, 0.05) is 12.4 Å². The molecule has 11 heavy (non-hydrogen) atoms. The van der Waals surface area contributed by atoms with E-state index in [9.17, 15) is 0 Å². The van der Waals surface area contributed by atoms with Crippen LogP contribution < -0.4 is 5.73 Å². The monoisotopic (exact) mass is 146 g/mol. The van der Waals surface area contributed by atoms with Gasteiger partial charge in [-0.25, -0.2) is 0 Å². The average Bonchev–Trinajstić information content (AvgIpc) is 2.07. The van der Waals surface area contributed by atoms with Crippen molar-refractivity contribution < 1.29 is 0 Å². The highest BCUT2D eigenvalue weighted by Gasteiger charge is 1.91. The first-order chi connectivity index (χ1) is 5.34. The summed E-state index contributed by atoms with van der Waals surface area (Å²) >= 11 is 0. The highest BCUT2D eigenvalue weighted by molar-refractivity contribution is 5.70. The molecule has 0 saturated heterocycles. The van der Waals surface area contributed by atoms with Crippen molar-refractivity contribution in [3.05, 3.63) is 48.9 Å². The zero-order valence-corrected chi connectivity index (χ0v) is 6.20. The third-order valence-electron chi connectivity index (χ3n) is 1.33. The summed E-state index contributed by atoms with van der Waals surface area (Å²) in [5, 5.41) is 0. The molecule has 1 aromatic rings. The Labute approximate surface area is 66.1 Å². The van der Waals surface area contributed by atoms with E-state index >= 15 is 0 Å². The van der Waals surface area contributed by atoms with Crippen LogP contribution in [-0.4, -0.2) is 4.98 Å². The summed E-state index contributed by atoms with van der Waals surface area (Å²) in [5.74, 6) is 0. The standard InChI is InChI=1S/C9H10N2/c1-8(4-5-10)9-3-2-6-11-7-9/h2-7H,1,10H2/b5-4-. The lowest BCUT2D eigenvalue weighted by Gasteiger charge is -1.96. The van der Waals surface area contributed by atoms with E-state index in [1.165, 1.54) is 6.20 Å². The van der Waals surface area contributed by atoms with E-state index in [1.807, 2.05) is 12.1 Å². The lowest BCUT2D eigenvalue weighted by Crippen LogP contribution is -1.82. The van der Waals surface area contributed by atoms with Gasteiger partial charge in [0.05, 0.1) is 0 Å². The molecule has 1 rings (SSSR count). The molecule has 2 heteroatoms. The van der Waals surface area contributed by atoms with Crippen molar-refractivity contribution in [2.24, 2.45) is 5.73 Å². The predicted molar refractivity (Wildman–Crippen MR) is 46.6 cm³/mol. The first-order valence-corrected chi connectivity index (χ1v) is 3.32. The fraction of sp³-hybridized carbons (Fsp3) is 0. The third kappa shape index (κ3) is 1.93. The largest absolute Gasteiger partial charge is 0.405 e. The van der Waals surface area contributed by atoms with E-state index in [-0.39, 0.29) is 0 Å². The van der Waals surface area contributed by atoms with Crippen molar-refractivity contribution in [2.45, 2.75) is 0 Å². The van der Waals surface area contributed by atoms with Gasteiger partial charge in [0.2, 0.25) is 0 Å². The molecule has 0 atom stereocenters. The van der Waals surface area contributed by atoms with Gasteiger partial charge in [0.25, 0.3) is 0 Å². The number of hydrogen-bond donors (Lipinski definition) is 1. The van der Waals surface area contributed by atoms with Gasteiger partial charge in [-0.15, -0.1) is 0 Å². The van der Waals surface area contributed by atoms with Crippen molar-refractivity contribution >= 4 is 5.57 Å². The first kappa shape index (κ1) is 7.54. The van der Waals surface area contributed by atoms with Crippen LogP contribution >= 0.6 is 0 Å². The number of aromatic nitrogens is 1. The topological polar surface area (TPSA) is 38.9 Å². The van der Waals surface area contributed by atoms with Crippen molar-refractivity contribution in [3.63, 3.8) is 0 Å². The van der Waals surface area contributed by atoms with Gasteiger partial charge in [-0.3, -0.25) is 4.98 Å². The van der Waals surface area contributed by atoms with Crippen LogP contribution in [-0.2, 0) is 0 Å². The Morgan fingerprint density at radius 2 is 2.45 bits per heavy atom. The zero-order valence-electron chi connectivity index (χ0n) is 6.20. The molecular weight excluding hydrogens is 136 g/mol. The Kier molecular flexibility index (Phi) is 2.44. The number of hydrogen-bond acceptors (Lipinski definition) is 2. The summed E-state index contributed by atoms with van der Waals surface area (Å²) in [6.45, 7) is 3.81. The fourth-order valence-electron chi connectivity index (χ4n) is 0.765. The van der Waals surface area contributed by atoms with E-state index in [1.54, 1.807) is 18.5 Å². The summed E-state index contributed by atoms with van der Waals surface area (Å²) in [6.07, 6.45) is 6.69. The maximum atomic E-state index is 5.20. The van der Waals surface area contributed by atoms with Gasteiger partial charge >= 0.3 is 0 Å². The summed E-state index contributed by atoms with van der Waals surface area (Å²) in [5.41, 5.74) is 7.08. The first-order valence-electron chi connectivity index (χ1n) is 3.32. The van der Waals surface area contributed by atoms with Crippen LogP contribution in [0.2, 0.25) is 0 Å². The molecule has 0 fully saturated rings. The zero-order chi connectivity index (χ0) is 8.10. The van der Waals surface area contributed by atoms with Crippen LogP contribution in [0.25, 0.3) is 5.57 Å². The molecule has 1 heterocycles. The van der Waals surface area contributed by atoms with Crippen molar-refractivity contribution in [1.82, 2.24) is 4.98 Å². The molecule has 0 spiro atoms. The molecule has 56 valence electrons. The lowest BCUT2D eigenvalue weighted by atomic mass is 10.1. The minimum absolute atomic E-state index is 0.876. The van der Waals surface area contributed by atoms with E-state index in [2.05, 4.69) is 11.6 Å². The minimum Gasteiger partial charge on any atom is -0.405 e. The molecule has 2 N–H and O–H groups in total. The molecular formula is C9H10N2. The van der Waals surface area contributed by atoms with Crippen molar-refractivity contribution in [1.29, 1.82) is 0 Å². The SMILES string of the molecule is C=C(/C=C\N)c1cccnc1. The van der Waals surface area contributed by atoms with Crippen LogP contribution in [0.4, 0.5) is 0 Å². The van der Waals surface area contributed by atoms with Gasteiger partial charge in [-0.1, -0.05) is 12.6 Å². The number of nitrogens with zero attached hydrogens (tertiary/aromatic N) is 1. The van der Waals surface area contributed by atoms with E-state index in [4.69, 9.17) is 5.73 Å². The van der Waals surface area contributed by atoms with Crippen LogP contribution in [0.3, 0.4) is 0 Å². The van der Waals surface area contributed by atoms with Crippen LogP contribution in [0.15, 0.2) is 43.4 Å². The average molecular weight is 146 g/mol. The number of allylic oxidation sites excluding steroid dienone is 2. The Morgan fingerprint density at radius 3 is 3.00 bits per heavy atom. The fourth-order valence-corrected chi connectivity index (χ4v) is 0.765. The normalized spacial score (nSPS) is 10.2. The number of pyridine rings is 1. The summed E-state index contributed by atoms with van der Waals surface area (Å²) in [6, 6.07) is 3.81. The predicted octanol–water partition coefficient (Wildman–Crippen LogP) is 1.57. The molecule has 1 aromatic heterocycles. The van der Waals surface area contributed by atoms with Gasteiger partial charge < -0.3 is 5.73 Å². The van der Waals surface area contributed by atoms with Crippen LogP contribution in [0.1, 0.15) is 5.56 Å². The Bertz CT molecular complexity index is 262. The molecule has 0 amide bonds. The van der Waals surface area contributed by atoms with Gasteiger partial charge in [0.15, 0.2) is 0 Å². The highest BCUT2D eigenvalue weighted by atomic mass is 14.6.